The van der Waals surface area contributed by atoms with Crippen LogP contribution in [0.15, 0.2) is 24.3 Å². The van der Waals surface area contributed by atoms with Crippen molar-refractivity contribution < 1.29 is 14.3 Å². The van der Waals surface area contributed by atoms with Crippen molar-refractivity contribution >= 4 is 5.91 Å². The summed E-state index contributed by atoms with van der Waals surface area (Å²) in [6.07, 6.45) is 2.13. The molecule has 1 fully saturated rings. The number of likely N-dealkylation sites (N-methyl/N-ethyl adjacent to an activating group) is 1. The summed E-state index contributed by atoms with van der Waals surface area (Å²) in [5.74, 6) is 0.0567. The van der Waals surface area contributed by atoms with Crippen molar-refractivity contribution in [3.05, 3.63) is 35.6 Å². The number of aliphatic hydroxyl groups excluding tert-OH is 1. The summed E-state index contributed by atoms with van der Waals surface area (Å²) >= 11 is 0. The van der Waals surface area contributed by atoms with E-state index in [2.05, 4.69) is 6.92 Å². The number of hydrogen-bond donors (Lipinski definition) is 1. The van der Waals surface area contributed by atoms with Crippen LogP contribution < -0.4 is 0 Å². The largest absolute Gasteiger partial charge is 0.395 e. The van der Waals surface area contributed by atoms with E-state index in [0.717, 1.165) is 19.4 Å². The lowest BCUT2D eigenvalue weighted by molar-refractivity contribution is -0.133. The van der Waals surface area contributed by atoms with E-state index in [0.29, 0.717) is 11.5 Å². The minimum absolute atomic E-state index is 0.0413. The molecule has 1 saturated heterocycles. The van der Waals surface area contributed by atoms with Crippen LogP contribution in [0.2, 0.25) is 0 Å². The standard InChI is InChI=1S/C17H25FN2O2/c1-13-6-5-9-20(16(13)12-21)11-17(22)19(2)10-14-7-3-4-8-15(14)18/h3-4,7-8,13,16,21H,5-6,9-12H2,1-2H3. The Morgan fingerprint density at radius 3 is 2.86 bits per heavy atom. The highest BCUT2D eigenvalue weighted by Crippen LogP contribution is 2.22. The van der Waals surface area contributed by atoms with Gasteiger partial charge in [-0.05, 0) is 31.4 Å². The van der Waals surface area contributed by atoms with Gasteiger partial charge in [0, 0.05) is 25.2 Å². The zero-order chi connectivity index (χ0) is 16.1. The van der Waals surface area contributed by atoms with Crippen molar-refractivity contribution in [2.75, 3.05) is 26.7 Å². The molecule has 0 radical (unpaired) electrons. The summed E-state index contributed by atoms with van der Waals surface area (Å²) in [6, 6.07) is 6.55. The fourth-order valence-electron chi connectivity index (χ4n) is 3.09. The lowest BCUT2D eigenvalue weighted by atomic mass is 9.91. The van der Waals surface area contributed by atoms with Gasteiger partial charge in [0.05, 0.1) is 13.2 Å². The van der Waals surface area contributed by atoms with Crippen LogP contribution in [0.1, 0.15) is 25.3 Å². The average Bonchev–Trinajstić information content (AvgIpc) is 2.49. The van der Waals surface area contributed by atoms with E-state index in [9.17, 15) is 14.3 Å². The molecule has 1 aliphatic heterocycles. The first kappa shape index (κ1) is 16.9. The highest BCUT2D eigenvalue weighted by atomic mass is 19.1. The Kier molecular flexibility index (Phi) is 5.91. The first-order chi connectivity index (χ1) is 10.5. The number of carbonyl (C=O) groups is 1. The van der Waals surface area contributed by atoms with E-state index < -0.39 is 0 Å². The van der Waals surface area contributed by atoms with Gasteiger partial charge in [-0.1, -0.05) is 25.1 Å². The fraction of sp³-hybridized carbons (Fsp3) is 0.588. The van der Waals surface area contributed by atoms with Gasteiger partial charge in [0.25, 0.3) is 0 Å². The number of nitrogens with zero attached hydrogens (tertiary/aromatic N) is 2. The second-order valence-electron chi connectivity index (χ2n) is 6.18. The van der Waals surface area contributed by atoms with Gasteiger partial charge in [-0.15, -0.1) is 0 Å². The highest BCUT2D eigenvalue weighted by molar-refractivity contribution is 5.78. The van der Waals surface area contributed by atoms with Crippen LogP contribution in [0.25, 0.3) is 0 Å². The van der Waals surface area contributed by atoms with Crippen molar-refractivity contribution in [2.45, 2.75) is 32.4 Å². The molecule has 0 aromatic heterocycles. The van der Waals surface area contributed by atoms with Gasteiger partial charge in [-0.25, -0.2) is 4.39 Å². The van der Waals surface area contributed by atoms with E-state index >= 15 is 0 Å². The van der Waals surface area contributed by atoms with Crippen molar-refractivity contribution in [3.8, 4) is 0 Å². The normalized spacial score (nSPS) is 22.5. The summed E-state index contributed by atoms with van der Waals surface area (Å²) in [6.45, 7) is 3.56. The molecule has 1 amide bonds. The number of benzene rings is 1. The van der Waals surface area contributed by atoms with Crippen molar-refractivity contribution in [3.63, 3.8) is 0 Å². The third kappa shape index (κ3) is 4.05. The van der Waals surface area contributed by atoms with Gasteiger partial charge in [-0.3, -0.25) is 9.69 Å². The number of aliphatic hydroxyl groups is 1. The minimum Gasteiger partial charge on any atom is -0.395 e. The number of carbonyl (C=O) groups excluding carboxylic acids is 1. The molecule has 1 aromatic rings. The van der Waals surface area contributed by atoms with E-state index in [4.69, 9.17) is 0 Å². The molecule has 2 unspecified atom stereocenters. The molecular weight excluding hydrogens is 283 g/mol. The number of rotatable bonds is 5. The van der Waals surface area contributed by atoms with Gasteiger partial charge >= 0.3 is 0 Å². The van der Waals surface area contributed by atoms with Gasteiger partial charge < -0.3 is 10.0 Å². The number of hydrogen-bond acceptors (Lipinski definition) is 3. The zero-order valence-corrected chi connectivity index (χ0v) is 13.3. The van der Waals surface area contributed by atoms with Gasteiger partial charge in [0.2, 0.25) is 5.91 Å². The molecular formula is C17H25FN2O2. The molecule has 0 saturated carbocycles. The maximum atomic E-state index is 13.7. The van der Waals surface area contributed by atoms with E-state index in [1.807, 2.05) is 4.90 Å². The van der Waals surface area contributed by atoms with Gasteiger partial charge in [0.1, 0.15) is 5.82 Å². The molecule has 1 N–H and O–H groups in total. The van der Waals surface area contributed by atoms with Crippen molar-refractivity contribution in [1.82, 2.24) is 9.80 Å². The summed E-state index contributed by atoms with van der Waals surface area (Å²) in [7, 11) is 1.69. The van der Waals surface area contributed by atoms with Crippen LogP contribution in [-0.2, 0) is 11.3 Å². The smallest absolute Gasteiger partial charge is 0.236 e. The topological polar surface area (TPSA) is 43.8 Å². The number of amides is 1. The van der Waals surface area contributed by atoms with Crippen LogP contribution in [0.5, 0.6) is 0 Å². The highest BCUT2D eigenvalue weighted by Gasteiger charge is 2.29. The fourth-order valence-corrected chi connectivity index (χ4v) is 3.09. The number of piperidine rings is 1. The predicted octanol–water partition coefficient (Wildman–Crippen LogP) is 1.88. The number of likely N-dealkylation sites (tertiary alicyclic amines) is 1. The molecule has 2 atom stereocenters. The van der Waals surface area contributed by atoms with Crippen LogP contribution in [0, 0.1) is 11.7 Å². The third-order valence-corrected chi connectivity index (χ3v) is 4.55. The van der Waals surface area contributed by atoms with Crippen LogP contribution in [0.3, 0.4) is 0 Å². The van der Waals surface area contributed by atoms with Crippen LogP contribution in [-0.4, -0.2) is 53.6 Å². The third-order valence-electron chi connectivity index (χ3n) is 4.55. The minimum atomic E-state index is -0.290. The Hall–Kier alpha value is -1.46. The molecule has 5 heteroatoms. The van der Waals surface area contributed by atoms with Gasteiger partial charge in [0.15, 0.2) is 0 Å². The molecule has 0 spiro atoms. The molecule has 0 aliphatic carbocycles. The molecule has 1 aromatic carbocycles. The summed E-state index contributed by atoms with van der Waals surface area (Å²) in [4.78, 5) is 16.0. The average molecular weight is 308 g/mol. The van der Waals surface area contributed by atoms with E-state index in [-0.39, 0.29) is 37.5 Å². The molecule has 2 rings (SSSR count). The predicted molar refractivity (Wildman–Crippen MR) is 83.7 cm³/mol. The monoisotopic (exact) mass is 308 g/mol. The summed E-state index contributed by atoms with van der Waals surface area (Å²) in [5.41, 5.74) is 0.518. The maximum absolute atomic E-state index is 13.7. The Morgan fingerprint density at radius 2 is 2.18 bits per heavy atom. The SMILES string of the molecule is CC1CCCN(CC(=O)N(C)Cc2ccccc2F)C1CO. The Bertz CT molecular complexity index is 509. The molecule has 1 aliphatic rings. The van der Waals surface area contributed by atoms with E-state index in [1.54, 1.807) is 30.1 Å². The lowest BCUT2D eigenvalue weighted by Crippen LogP contribution is -2.50. The number of halogens is 1. The molecule has 122 valence electrons. The first-order valence-electron chi connectivity index (χ1n) is 7.85. The van der Waals surface area contributed by atoms with E-state index in [1.165, 1.54) is 6.07 Å². The maximum Gasteiger partial charge on any atom is 0.236 e. The Labute approximate surface area is 131 Å². The first-order valence-corrected chi connectivity index (χ1v) is 7.85. The van der Waals surface area contributed by atoms with Crippen LogP contribution in [0.4, 0.5) is 4.39 Å². The Morgan fingerprint density at radius 1 is 1.45 bits per heavy atom. The van der Waals surface area contributed by atoms with Gasteiger partial charge in [-0.2, -0.15) is 0 Å². The second kappa shape index (κ2) is 7.70. The van der Waals surface area contributed by atoms with Crippen LogP contribution >= 0.6 is 0 Å². The zero-order valence-electron chi connectivity index (χ0n) is 13.3. The molecule has 22 heavy (non-hydrogen) atoms. The Balaban J connectivity index is 1.95. The molecule has 1 heterocycles. The molecule has 4 nitrogen and oxygen atoms in total. The second-order valence-corrected chi connectivity index (χ2v) is 6.18. The molecule has 0 bridgehead atoms. The van der Waals surface area contributed by atoms with Crippen molar-refractivity contribution in [2.24, 2.45) is 5.92 Å². The lowest BCUT2D eigenvalue weighted by Gasteiger charge is -2.39. The van der Waals surface area contributed by atoms with Crippen molar-refractivity contribution in [1.29, 1.82) is 0 Å². The quantitative estimate of drug-likeness (QED) is 0.903. The summed E-state index contributed by atoms with van der Waals surface area (Å²) < 4.78 is 13.7. The summed E-state index contributed by atoms with van der Waals surface area (Å²) in [5, 5.41) is 9.54.